The molecule has 0 spiro atoms. The van der Waals surface area contributed by atoms with Gasteiger partial charge in [-0.15, -0.1) is 0 Å². The van der Waals surface area contributed by atoms with Crippen LogP contribution in [0.3, 0.4) is 0 Å². The number of carbonyl (C=O) groups is 2. The first-order valence-corrected chi connectivity index (χ1v) is 5.59. The van der Waals surface area contributed by atoms with Crippen LogP contribution in [0.15, 0.2) is 0 Å². The van der Waals surface area contributed by atoms with Gasteiger partial charge in [0, 0.05) is 17.8 Å². The third-order valence-electron chi connectivity index (χ3n) is 3.36. The van der Waals surface area contributed by atoms with E-state index < -0.39 is 0 Å². The lowest BCUT2D eigenvalue weighted by Gasteiger charge is -2.21. The number of hydrogen-bond donors (Lipinski definition) is 0. The molecule has 1 aliphatic rings. The standard InChI is InChI=1S/C12H20O2/c1-10(2)11(14)5-8-12(9-13)6-3-4-7-12/h9-10H,3-8H2,1-2H3. The van der Waals surface area contributed by atoms with E-state index in [0.717, 1.165) is 38.4 Å². The summed E-state index contributed by atoms with van der Waals surface area (Å²) in [5.41, 5.74) is -0.148. The average molecular weight is 196 g/mol. The quantitative estimate of drug-likeness (QED) is 0.633. The van der Waals surface area contributed by atoms with Crippen LogP contribution in [0.5, 0.6) is 0 Å². The molecule has 0 aromatic heterocycles. The van der Waals surface area contributed by atoms with Crippen LogP contribution in [0.4, 0.5) is 0 Å². The van der Waals surface area contributed by atoms with E-state index in [1.807, 2.05) is 13.8 Å². The molecular formula is C12H20O2. The fourth-order valence-electron chi connectivity index (χ4n) is 2.17. The van der Waals surface area contributed by atoms with Crippen LogP contribution in [-0.4, -0.2) is 12.1 Å². The van der Waals surface area contributed by atoms with Crippen molar-refractivity contribution < 1.29 is 9.59 Å². The van der Waals surface area contributed by atoms with Crippen molar-refractivity contribution in [3.63, 3.8) is 0 Å². The minimum Gasteiger partial charge on any atom is -0.303 e. The Morgan fingerprint density at radius 3 is 2.36 bits per heavy atom. The molecule has 1 saturated carbocycles. The normalized spacial score (nSPS) is 19.9. The molecule has 0 aromatic rings. The van der Waals surface area contributed by atoms with Gasteiger partial charge < -0.3 is 4.79 Å². The molecule has 0 atom stereocenters. The van der Waals surface area contributed by atoms with E-state index >= 15 is 0 Å². The number of ketones is 1. The van der Waals surface area contributed by atoms with Gasteiger partial charge in [-0.1, -0.05) is 26.7 Å². The minimum atomic E-state index is -0.148. The van der Waals surface area contributed by atoms with Gasteiger partial charge in [0.25, 0.3) is 0 Å². The molecule has 0 heterocycles. The Bertz CT molecular complexity index is 212. The van der Waals surface area contributed by atoms with E-state index in [9.17, 15) is 9.59 Å². The Morgan fingerprint density at radius 1 is 1.36 bits per heavy atom. The third-order valence-corrected chi connectivity index (χ3v) is 3.36. The van der Waals surface area contributed by atoms with E-state index in [1.165, 1.54) is 0 Å². The van der Waals surface area contributed by atoms with Crippen LogP contribution in [0.2, 0.25) is 0 Å². The summed E-state index contributed by atoms with van der Waals surface area (Å²) in [5, 5.41) is 0. The van der Waals surface area contributed by atoms with E-state index in [2.05, 4.69) is 0 Å². The van der Waals surface area contributed by atoms with Crippen LogP contribution in [0, 0.1) is 11.3 Å². The molecule has 1 fully saturated rings. The highest BCUT2D eigenvalue weighted by Crippen LogP contribution is 2.40. The maximum absolute atomic E-state index is 11.4. The van der Waals surface area contributed by atoms with Crippen LogP contribution in [-0.2, 0) is 9.59 Å². The molecule has 2 nitrogen and oxygen atoms in total. The summed E-state index contributed by atoms with van der Waals surface area (Å²) in [4.78, 5) is 22.4. The summed E-state index contributed by atoms with van der Waals surface area (Å²) in [6.07, 6.45) is 6.71. The second-order valence-electron chi connectivity index (χ2n) is 4.81. The van der Waals surface area contributed by atoms with Crippen LogP contribution in [0.1, 0.15) is 52.4 Å². The monoisotopic (exact) mass is 196 g/mol. The Hall–Kier alpha value is -0.660. The second kappa shape index (κ2) is 4.72. The Kier molecular flexibility index (Phi) is 3.85. The molecule has 0 amide bonds. The molecular weight excluding hydrogens is 176 g/mol. The van der Waals surface area contributed by atoms with Crippen molar-refractivity contribution in [2.45, 2.75) is 52.4 Å². The van der Waals surface area contributed by atoms with Gasteiger partial charge in [0.1, 0.15) is 12.1 Å². The van der Waals surface area contributed by atoms with Crippen LogP contribution in [0.25, 0.3) is 0 Å². The van der Waals surface area contributed by atoms with Gasteiger partial charge in [-0.25, -0.2) is 0 Å². The lowest BCUT2D eigenvalue weighted by Crippen LogP contribution is -2.20. The van der Waals surface area contributed by atoms with Crippen molar-refractivity contribution in [1.29, 1.82) is 0 Å². The SMILES string of the molecule is CC(C)C(=O)CCC1(C=O)CCCC1. The maximum Gasteiger partial charge on any atom is 0.135 e. The number of carbonyl (C=O) groups excluding carboxylic acids is 2. The smallest absolute Gasteiger partial charge is 0.135 e. The maximum atomic E-state index is 11.4. The highest BCUT2D eigenvalue weighted by molar-refractivity contribution is 5.80. The molecule has 0 radical (unpaired) electrons. The first kappa shape index (κ1) is 11.4. The van der Waals surface area contributed by atoms with Crippen molar-refractivity contribution in [1.82, 2.24) is 0 Å². The van der Waals surface area contributed by atoms with Crippen molar-refractivity contribution in [3.05, 3.63) is 0 Å². The third kappa shape index (κ3) is 2.66. The van der Waals surface area contributed by atoms with Gasteiger partial charge in [0.05, 0.1) is 0 Å². The van der Waals surface area contributed by atoms with Gasteiger partial charge in [-0.2, -0.15) is 0 Å². The predicted molar refractivity (Wildman–Crippen MR) is 56.0 cm³/mol. The number of aldehydes is 1. The summed E-state index contributed by atoms with van der Waals surface area (Å²) in [6, 6.07) is 0. The topological polar surface area (TPSA) is 34.1 Å². The Labute approximate surface area is 86.1 Å². The first-order valence-electron chi connectivity index (χ1n) is 5.59. The summed E-state index contributed by atoms with van der Waals surface area (Å²) in [5.74, 6) is 0.401. The van der Waals surface area contributed by atoms with E-state index in [4.69, 9.17) is 0 Å². The van der Waals surface area contributed by atoms with Crippen molar-refractivity contribution >= 4 is 12.1 Å². The van der Waals surface area contributed by atoms with Gasteiger partial charge in [-0.05, 0) is 19.3 Å². The summed E-state index contributed by atoms with van der Waals surface area (Å²) >= 11 is 0. The second-order valence-corrected chi connectivity index (χ2v) is 4.81. The molecule has 0 aliphatic heterocycles. The molecule has 0 saturated heterocycles. The number of rotatable bonds is 5. The fraction of sp³-hybridized carbons (Fsp3) is 0.833. The van der Waals surface area contributed by atoms with E-state index in [1.54, 1.807) is 0 Å². The first-order chi connectivity index (χ1) is 6.59. The summed E-state index contributed by atoms with van der Waals surface area (Å²) < 4.78 is 0. The van der Waals surface area contributed by atoms with Gasteiger partial charge in [0.2, 0.25) is 0 Å². The lowest BCUT2D eigenvalue weighted by atomic mass is 9.82. The molecule has 0 aromatic carbocycles. The molecule has 14 heavy (non-hydrogen) atoms. The summed E-state index contributed by atoms with van der Waals surface area (Å²) in [7, 11) is 0. The van der Waals surface area contributed by atoms with E-state index in [0.29, 0.717) is 6.42 Å². The van der Waals surface area contributed by atoms with Gasteiger partial charge in [0.15, 0.2) is 0 Å². The van der Waals surface area contributed by atoms with Crippen molar-refractivity contribution in [3.8, 4) is 0 Å². The number of Topliss-reactive ketones (excluding diaryl/α,β-unsaturated/α-hetero) is 1. The predicted octanol–water partition coefficient (Wildman–Crippen LogP) is 2.75. The lowest BCUT2D eigenvalue weighted by molar-refractivity contribution is -0.123. The number of hydrogen-bond acceptors (Lipinski definition) is 2. The molecule has 1 rings (SSSR count). The molecule has 80 valence electrons. The van der Waals surface area contributed by atoms with Crippen LogP contribution >= 0.6 is 0 Å². The largest absolute Gasteiger partial charge is 0.303 e. The molecule has 0 unspecified atom stereocenters. The molecule has 1 aliphatic carbocycles. The highest BCUT2D eigenvalue weighted by Gasteiger charge is 2.33. The van der Waals surface area contributed by atoms with Gasteiger partial charge >= 0.3 is 0 Å². The average Bonchev–Trinajstić information content (AvgIpc) is 2.63. The van der Waals surface area contributed by atoms with Crippen LogP contribution < -0.4 is 0 Å². The Balaban J connectivity index is 2.42. The van der Waals surface area contributed by atoms with Crippen molar-refractivity contribution in [2.24, 2.45) is 11.3 Å². The fourth-order valence-corrected chi connectivity index (χ4v) is 2.17. The highest BCUT2D eigenvalue weighted by atomic mass is 16.1. The Morgan fingerprint density at radius 2 is 1.93 bits per heavy atom. The summed E-state index contributed by atoms with van der Waals surface area (Å²) in [6.45, 7) is 3.84. The zero-order valence-electron chi connectivity index (χ0n) is 9.21. The molecule has 0 N–H and O–H groups in total. The zero-order valence-corrected chi connectivity index (χ0v) is 9.21. The van der Waals surface area contributed by atoms with Gasteiger partial charge in [-0.3, -0.25) is 4.79 Å². The van der Waals surface area contributed by atoms with Crippen molar-refractivity contribution in [2.75, 3.05) is 0 Å². The molecule has 0 bridgehead atoms. The van der Waals surface area contributed by atoms with E-state index in [-0.39, 0.29) is 17.1 Å². The zero-order chi connectivity index (χ0) is 10.6. The minimum absolute atomic E-state index is 0.111. The molecule has 2 heteroatoms.